The van der Waals surface area contributed by atoms with Crippen LogP contribution in [0, 0.1) is 17.5 Å². The molecule has 0 spiro atoms. The molecule has 2 heterocycles. The number of nitrogens with zero attached hydrogens (tertiary/aromatic N) is 2. The monoisotopic (exact) mass is 469 g/mol. The highest BCUT2D eigenvalue weighted by Crippen LogP contribution is 2.52. The maximum absolute atomic E-state index is 14.1. The van der Waals surface area contributed by atoms with Gasteiger partial charge in [-0.05, 0) is 49.4 Å². The van der Waals surface area contributed by atoms with E-state index >= 15 is 0 Å². The Hall–Kier alpha value is -3.46. The number of carbonyl (C=O) groups excluding carboxylic acids is 1. The van der Waals surface area contributed by atoms with Gasteiger partial charge in [0, 0.05) is 12.1 Å². The molecule has 3 aromatic rings. The Balaban J connectivity index is 1.44. The Bertz CT molecular complexity index is 1340. The lowest BCUT2D eigenvalue weighted by Gasteiger charge is -2.24. The van der Waals surface area contributed by atoms with Crippen LogP contribution in [0.15, 0.2) is 47.3 Å². The number of aliphatic hydroxyl groups excluding tert-OH is 1. The molecule has 1 amide bonds. The predicted octanol–water partition coefficient (Wildman–Crippen LogP) is 3.28. The number of H-pyrrole nitrogens is 1. The number of nitrogens with one attached hydrogen (secondary N) is 1. The number of hydrogen-bond acceptors (Lipinski definition) is 4. The number of carbonyl (C=O) groups is 1. The van der Waals surface area contributed by atoms with Gasteiger partial charge >= 0.3 is 0 Å². The van der Waals surface area contributed by atoms with Gasteiger partial charge in [-0.3, -0.25) is 9.59 Å². The molecule has 2 N–H and O–H groups in total. The third-order valence-corrected chi connectivity index (χ3v) is 6.69. The fourth-order valence-corrected chi connectivity index (χ4v) is 4.65. The summed E-state index contributed by atoms with van der Waals surface area (Å²) in [6, 6.07) is 9.52. The molecule has 1 aromatic heterocycles. The van der Waals surface area contributed by atoms with Gasteiger partial charge in [-0.15, -0.1) is 0 Å². The van der Waals surface area contributed by atoms with Gasteiger partial charge in [-0.1, -0.05) is 24.3 Å². The van der Waals surface area contributed by atoms with Crippen LogP contribution >= 0.6 is 0 Å². The summed E-state index contributed by atoms with van der Waals surface area (Å²) >= 11 is 0. The Morgan fingerprint density at radius 2 is 1.91 bits per heavy atom. The fourth-order valence-electron chi connectivity index (χ4n) is 4.65. The average molecular weight is 469 g/mol. The minimum Gasteiger partial charge on any atom is -0.378 e. The first-order valence-electron chi connectivity index (χ1n) is 11.1. The van der Waals surface area contributed by atoms with E-state index in [4.69, 9.17) is 4.98 Å². The Labute approximate surface area is 193 Å². The Kier molecular flexibility index (Phi) is 5.51. The van der Waals surface area contributed by atoms with E-state index in [0.29, 0.717) is 24.4 Å². The average Bonchev–Trinajstić information content (AvgIpc) is 3.64. The molecule has 1 aliphatic heterocycles. The van der Waals surface area contributed by atoms with E-state index in [0.717, 1.165) is 30.5 Å². The van der Waals surface area contributed by atoms with Gasteiger partial charge < -0.3 is 15.0 Å². The molecule has 0 unspecified atom stereocenters. The van der Waals surface area contributed by atoms with Crippen LogP contribution in [0.3, 0.4) is 0 Å². The van der Waals surface area contributed by atoms with E-state index in [-0.39, 0.29) is 24.5 Å². The van der Waals surface area contributed by atoms with Crippen molar-refractivity contribution in [3.05, 3.63) is 98.5 Å². The molecule has 9 heteroatoms. The molecule has 34 heavy (non-hydrogen) atoms. The van der Waals surface area contributed by atoms with E-state index in [9.17, 15) is 27.9 Å². The zero-order chi connectivity index (χ0) is 24.0. The summed E-state index contributed by atoms with van der Waals surface area (Å²) in [6.07, 6.45) is 0.466. The summed E-state index contributed by atoms with van der Waals surface area (Å²) in [5, 5.41) is 10.4. The van der Waals surface area contributed by atoms with Crippen molar-refractivity contribution in [2.45, 2.75) is 43.7 Å². The van der Waals surface area contributed by atoms with Crippen LogP contribution in [0.1, 0.15) is 53.6 Å². The SMILES string of the molecule is O=C([C@H](O)c1cccc(F)c1F)N1CCCc2nc(C3(c4cccc(F)c4)CC3)[nH]c(=O)c2C1. The van der Waals surface area contributed by atoms with Crippen LogP contribution in [-0.4, -0.2) is 32.4 Å². The Morgan fingerprint density at radius 1 is 1.15 bits per heavy atom. The van der Waals surface area contributed by atoms with Gasteiger partial charge in [0.2, 0.25) is 0 Å². The second kappa shape index (κ2) is 8.39. The molecule has 1 atom stereocenters. The second-order valence-electron chi connectivity index (χ2n) is 8.84. The fraction of sp³-hybridized carbons (Fsp3) is 0.320. The smallest absolute Gasteiger partial charge is 0.256 e. The summed E-state index contributed by atoms with van der Waals surface area (Å²) in [5.41, 5.74) is 0.181. The topological polar surface area (TPSA) is 86.3 Å². The lowest BCUT2D eigenvalue weighted by atomic mass is 9.94. The molecule has 2 aliphatic rings. The maximum Gasteiger partial charge on any atom is 0.256 e. The predicted molar refractivity (Wildman–Crippen MR) is 116 cm³/mol. The van der Waals surface area contributed by atoms with Gasteiger partial charge in [0.05, 0.1) is 23.2 Å². The molecular formula is C25H22F3N3O3. The van der Waals surface area contributed by atoms with Crippen molar-refractivity contribution in [3.63, 3.8) is 0 Å². The highest BCUT2D eigenvalue weighted by molar-refractivity contribution is 5.82. The first-order chi connectivity index (χ1) is 16.3. The molecule has 1 aliphatic carbocycles. The summed E-state index contributed by atoms with van der Waals surface area (Å²) in [6.45, 7) is 0.102. The van der Waals surface area contributed by atoms with Crippen LogP contribution in [0.2, 0.25) is 0 Å². The minimum absolute atomic E-state index is 0.113. The number of aromatic amines is 1. The number of rotatable bonds is 4. The molecule has 5 rings (SSSR count). The maximum atomic E-state index is 14.1. The van der Waals surface area contributed by atoms with Crippen molar-refractivity contribution in [3.8, 4) is 0 Å². The molecule has 1 fully saturated rings. The summed E-state index contributed by atoms with van der Waals surface area (Å²) in [4.78, 5) is 34.7. The van der Waals surface area contributed by atoms with E-state index < -0.39 is 40.2 Å². The lowest BCUT2D eigenvalue weighted by molar-refractivity contribution is -0.141. The number of aromatic nitrogens is 2. The van der Waals surface area contributed by atoms with Crippen molar-refractivity contribution >= 4 is 5.91 Å². The van der Waals surface area contributed by atoms with Gasteiger partial charge in [-0.25, -0.2) is 18.2 Å². The van der Waals surface area contributed by atoms with Gasteiger partial charge in [0.25, 0.3) is 11.5 Å². The minimum atomic E-state index is -1.90. The molecule has 6 nitrogen and oxygen atoms in total. The van der Waals surface area contributed by atoms with Gasteiger partial charge in [0.15, 0.2) is 17.7 Å². The first kappa shape index (κ1) is 22.3. The van der Waals surface area contributed by atoms with Crippen LogP contribution in [-0.2, 0) is 23.2 Å². The number of benzene rings is 2. The third-order valence-electron chi connectivity index (χ3n) is 6.69. The third kappa shape index (κ3) is 3.79. The number of aliphatic hydroxyl groups is 1. The molecule has 176 valence electrons. The van der Waals surface area contributed by atoms with E-state index in [1.165, 1.54) is 23.1 Å². The standard InChI is InChI=1S/C25H22F3N3O3/c26-15-5-1-4-14(12-15)25(9-10-25)24-29-19-8-3-11-31(13-17(19)22(33)30-24)23(34)21(32)16-6-2-7-18(27)20(16)28/h1-2,4-7,12,21,32H,3,8-11,13H2,(H,29,30,33)/t21-/m1/s1. The van der Waals surface area contributed by atoms with Crippen LogP contribution in [0.5, 0.6) is 0 Å². The largest absolute Gasteiger partial charge is 0.378 e. The van der Waals surface area contributed by atoms with E-state index in [1.54, 1.807) is 6.07 Å². The Morgan fingerprint density at radius 3 is 2.65 bits per heavy atom. The zero-order valence-electron chi connectivity index (χ0n) is 18.2. The van der Waals surface area contributed by atoms with Crippen molar-refractivity contribution in [1.29, 1.82) is 0 Å². The molecule has 0 radical (unpaired) electrons. The van der Waals surface area contributed by atoms with Crippen molar-refractivity contribution in [2.75, 3.05) is 6.54 Å². The van der Waals surface area contributed by atoms with E-state index in [1.807, 2.05) is 6.07 Å². The quantitative estimate of drug-likeness (QED) is 0.614. The molecule has 2 aromatic carbocycles. The van der Waals surface area contributed by atoms with Crippen molar-refractivity contribution < 1.29 is 23.1 Å². The van der Waals surface area contributed by atoms with Crippen molar-refractivity contribution in [2.24, 2.45) is 0 Å². The number of hydrogen-bond donors (Lipinski definition) is 2. The van der Waals surface area contributed by atoms with Crippen molar-refractivity contribution in [1.82, 2.24) is 14.9 Å². The van der Waals surface area contributed by atoms with Crippen LogP contribution in [0.4, 0.5) is 13.2 Å². The number of fused-ring (bicyclic) bond motifs is 1. The summed E-state index contributed by atoms with van der Waals surface area (Å²) in [7, 11) is 0. The summed E-state index contributed by atoms with van der Waals surface area (Å²) in [5.74, 6) is -3.15. The van der Waals surface area contributed by atoms with Crippen LogP contribution in [0.25, 0.3) is 0 Å². The first-order valence-corrected chi connectivity index (χ1v) is 11.1. The molecule has 0 bridgehead atoms. The zero-order valence-corrected chi connectivity index (χ0v) is 18.2. The molecule has 0 saturated heterocycles. The molecular weight excluding hydrogens is 447 g/mol. The van der Waals surface area contributed by atoms with Gasteiger partial charge in [-0.2, -0.15) is 0 Å². The highest BCUT2D eigenvalue weighted by atomic mass is 19.2. The number of amides is 1. The highest BCUT2D eigenvalue weighted by Gasteiger charge is 2.49. The van der Waals surface area contributed by atoms with Crippen LogP contribution < -0.4 is 5.56 Å². The lowest BCUT2D eigenvalue weighted by Crippen LogP contribution is -2.37. The molecule has 1 saturated carbocycles. The summed E-state index contributed by atoms with van der Waals surface area (Å²) < 4.78 is 41.5. The van der Waals surface area contributed by atoms with E-state index in [2.05, 4.69) is 4.98 Å². The number of halogens is 3. The normalized spacial score (nSPS) is 17.6. The number of aryl methyl sites for hydroxylation is 1. The van der Waals surface area contributed by atoms with Gasteiger partial charge in [0.1, 0.15) is 11.6 Å². The second-order valence-corrected chi connectivity index (χ2v) is 8.84.